The van der Waals surface area contributed by atoms with Crippen LogP contribution in [0.2, 0.25) is 0 Å². The van der Waals surface area contributed by atoms with Gasteiger partial charge in [-0.3, -0.25) is 4.90 Å². The zero-order chi connectivity index (χ0) is 14.8. The molecule has 4 bridgehead atoms. The van der Waals surface area contributed by atoms with Crippen molar-refractivity contribution < 1.29 is 5.11 Å². The van der Waals surface area contributed by atoms with Crippen LogP contribution in [0.5, 0.6) is 0 Å². The number of hydrogen-bond donors (Lipinski definition) is 2. The third kappa shape index (κ3) is 1.48. The van der Waals surface area contributed by atoms with Crippen molar-refractivity contribution >= 4 is 10.9 Å². The second kappa shape index (κ2) is 4.46. The second-order valence-electron chi connectivity index (χ2n) is 7.07. The highest BCUT2D eigenvalue weighted by atomic mass is 16.3. The minimum atomic E-state index is 0.313. The summed E-state index contributed by atoms with van der Waals surface area (Å²) in [4.78, 5) is 6.35. The summed E-state index contributed by atoms with van der Waals surface area (Å²) in [5.74, 6) is 0.965. The molecule has 4 aliphatic rings. The molecule has 3 fully saturated rings. The summed E-state index contributed by atoms with van der Waals surface area (Å²) in [6.07, 6.45) is 4.51. The largest absolute Gasteiger partial charge is 0.396 e. The van der Waals surface area contributed by atoms with Crippen LogP contribution in [0.1, 0.15) is 30.6 Å². The zero-order valence-corrected chi connectivity index (χ0v) is 12.9. The molecule has 2 aromatic rings. The van der Waals surface area contributed by atoms with E-state index < -0.39 is 0 Å². The van der Waals surface area contributed by atoms with E-state index in [-0.39, 0.29) is 0 Å². The van der Waals surface area contributed by atoms with Gasteiger partial charge in [-0.25, -0.2) is 0 Å². The average Bonchev–Trinajstić information content (AvgIpc) is 2.93. The number of fused-ring (bicyclic) bond motifs is 4. The van der Waals surface area contributed by atoms with Crippen LogP contribution >= 0.6 is 0 Å². The lowest BCUT2D eigenvalue weighted by Gasteiger charge is -2.58. The molecule has 22 heavy (non-hydrogen) atoms. The third-order valence-electron chi connectivity index (χ3n) is 6.33. The first kappa shape index (κ1) is 12.9. The highest BCUT2D eigenvalue weighted by molar-refractivity contribution is 5.85. The van der Waals surface area contributed by atoms with Gasteiger partial charge in [-0.2, -0.15) is 0 Å². The molecule has 4 unspecified atom stereocenters. The lowest BCUT2D eigenvalue weighted by Crippen LogP contribution is -2.60. The maximum Gasteiger partial charge on any atom is 0.0514 e. The first-order valence-corrected chi connectivity index (χ1v) is 8.43. The molecule has 3 nitrogen and oxygen atoms in total. The Bertz CT molecular complexity index is 775. The van der Waals surface area contributed by atoms with Crippen molar-refractivity contribution in [3.05, 3.63) is 47.2 Å². The Kier molecular flexibility index (Phi) is 2.62. The van der Waals surface area contributed by atoms with E-state index in [0.29, 0.717) is 30.5 Å². The van der Waals surface area contributed by atoms with Gasteiger partial charge in [0, 0.05) is 41.7 Å². The van der Waals surface area contributed by atoms with Gasteiger partial charge in [0.2, 0.25) is 0 Å². The van der Waals surface area contributed by atoms with E-state index in [4.69, 9.17) is 0 Å². The van der Waals surface area contributed by atoms with E-state index in [1.165, 1.54) is 27.7 Å². The molecular formula is C19H22N2O. The number of rotatable bonds is 1. The Morgan fingerprint density at radius 2 is 2.23 bits per heavy atom. The second-order valence-corrected chi connectivity index (χ2v) is 7.07. The molecule has 1 aromatic carbocycles. The van der Waals surface area contributed by atoms with Gasteiger partial charge in [0.25, 0.3) is 0 Å². The number of aromatic amines is 1. The molecule has 2 N–H and O–H groups in total. The molecule has 0 radical (unpaired) electrons. The molecule has 114 valence electrons. The number of benzene rings is 1. The van der Waals surface area contributed by atoms with E-state index in [0.717, 1.165) is 19.4 Å². The summed E-state index contributed by atoms with van der Waals surface area (Å²) in [6.45, 7) is 3.55. The van der Waals surface area contributed by atoms with E-state index in [9.17, 15) is 5.11 Å². The highest BCUT2D eigenvalue weighted by Gasteiger charge is 2.52. The number of allylic oxidation sites excluding steroid dienone is 1. The van der Waals surface area contributed by atoms with Gasteiger partial charge in [-0.15, -0.1) is 0 Å². The number of aliphatic hydroxyl groups excluding tert-OH is 1. The normalized spacial score (nSPS) is 37.7. The summed E-state index contributed by atoms with van der Waals surface area (Å²) in [6, 6.07) is 9.68. The lowest BCUT2D eigenvalue weighted by atomic mass is 9.64. The summed E-state index contributed by atoms with van der Waals surface area (Å²) in [5.41, 5.74) is 5.74. The Labute approximate surface area is 130 Å². The predicted molar refractivity (Wildman–Crippen MR) is 87.7 cm³/mol. The molecule has 5 heterocycles. The number of nitrogens with one attached hydrogen (secondary N) is 1. The molecule has 0 aliphatic carbocycles. The van der Waals surface area contributed by atoms with Gasteiger partial charge in [0.15, 0.2) is 0 Å². The summed E-state index contributed by atoms with van der Waals surface area (Å²) in [7, 11) is 0. The number of hydrogen-bond acceptors (Lipinski definition) is 2. The highest BCUT2D eigenvalue weighted by Crippen LogP contribution is 2.53. The smallest absolute Gasteiger partial charge is 0.0514 e. The van der Waals surface area contributed by atoms with Crippen LogP contribution in [0.15, 0.2) is 35.9 Å². The van der Waals surface area contributed by atoms with Gasteiger partial charge in [-0.05, 0) is 37.3 Å². The first-order valence-electron chi connectivity index (χ1n) is 8.43. The van der Waals surface area contributed by atoms with Crippen LogP contribution in [0.3, 0.4) is 0 Å². The number of para-hydroxylation sites is 1. The van der Waals surface area contributed by atoms with Gasteiger partial charge < -0.3 is 10.1 Å². The Balaban J connectivity index is 1.69. The first-order chi connectivity index (χ1) is 10.8. The Morgan fingerprint density at radius 1 is 1.36 bits per heavy atom. The van der Waals surface area contributed by atoms with E-state index in [1.807, 2.05) is 0 Å². The van der Waals surface area contributed by atoms with E-state index in [1.54, 1.807) is 0 Å². The van der Waals surface area contributed by atoms with Crippen molar-refractivity contribution in [3.8, 4) is 0 Å². The summed E-state index contributed by atoms with van der Waals surface area (Å²) >= 11 is 0. The molecule has 0 amide bonds. The molecule has 3 heteroatoms. The maximum atomic E-state index is 9.99. The van der Waals surface area contributed by atoms with Crippen molar-refractivity contribution in [2.45, 2.75) is 31.8 Å². The van der Waals surface area contributed by atoms with Crippen LogP contribution in [-0.4, -0.2) is 34.2 Å². The number of nitrogens with zero attached hydrogens (tertiary/aromatic N) is 1. The zero-order valence-electron chi connectivity index (χ0n) is 12.9. The van der Waals surface area contributed by atoms with E-state index in [2.05, 4.69) is 47.1 Å². The van der Waals surface area contributed by atoms with Gasteiger partial charge >= 0.3 is 0 Å². The van der Waals surface area contributed by atoms with Crippen LogP contribution in [0.25, 0.3) is 10.9 Å². The number of piperidine rings is 3. The molecule has 4 aliphatic heterocycles. The molecule has 3 saturated heterocycles. The minimum absolute atomic E-state index is 0.313. The predicted octanol–water partition coefficient (Wildman–Crippen LogP) is 3.02. The topological polar surface area (TPSA) is 39.3 Å². The van der Waals surface area contributed by atoms with E-state index >= 15 is 0 Å². The van der Waals surface area contributed by atoms with Gasteiger partial charge in [0.1, 0.15) is 0 Å². The molecule has 0 spiro atoms. The standard InChI is InChI=1S/C19H22N2O/c1-2-11-9-21-17-8-14-12-5-3-4-6-16(12)20-19(14)18(21)7-13(11)15(17)10-22/h2-6,13,15,17-18,20,22H,7-10H2,1H3/t13?,15?,17?,18-/m0/s1. The number of H-pyrrole nitrogens is 1. The van der Waals surface area contributed by atoms with Crippen molar-refractivity contribution in [2.75, 3.05) is 13.2 Å². The summed E-state index contributed by atoms with van der Waals surface area (Å²) < 4.78 is 0. The molecule has 6 rings (SSSR count). The van der Waals surface area contributed by atoms with Gasteiger partial charge in [-0.1, -0.05) is 29.8 Å². The maximum absolute atomic E-state index is 9.99. The molecule has 5 atom stereocenters. The Hall–Kier alpha value is -1.58. The molecule has 0 saturated carbocycles. The fourth-order valence-electron chi connectivity index (χ4n) is 5.32. The molecule has 1 aromatic heterocycles. The lowest BCUT2D eigenvalue weighted by molar-refractivity contribution is -0.0503. The van der Waals surface area contributed by atoms with Crippen molar-refractivity contribution in [3.63, 3.8) is 0 Å². The van der Waals surface area contributed by atoms with Crippen molar-refractivity contribution in [1.82, 2.24) is 9.88 Å². The van der Waals surface area contributed by atoms with Crippen LogP contribution in [-0.2, 0) is 6.42 Å². The number of aromatic nitrogens is 1. The van der Waals surface area contributed by atoms with Crippen molar-refractivity contribution in [1.29, 1.82) is 0 Å². The SMILES string of the molecule is CC=C1CN2C3Cc4c([nH]c5ccccc45)[C@@H]2CC1C3CO. The molecular weight excluding hydrogens is 272 g/mol. The average molecular weight is 294 g/mol. The fourth-order valence-corrected chi connectivity index (χ4v) is 5.32. The Morgan fingerprint density at radius 3 is 3.05 bits per heavy atom. The third-order valence-corrected chi connectivity index (χ3v) is 6.33. The fraction of sp³-hybridized carbons (Fsp3) is 0.474. The number of aliphatic hydroxyl groups is 1. The summed E-state index contributed by atoms with van der Waals surface area (Å²) in [5, 5.41) is 11.4. The van der Waals surface area contributed by atoms with Crippen molar-refractivity contribution in [2.24, 2.45) is 11.8 Å². The minimum Gasteiger partial charge on any atom is -0.396 e. The quantitative estimate of drug-likeness (QED) is 0.794. The van der Waals surface area contributed by atoms with Gasteiger partial charge in [0.05, 0.1) is 6.04 Å². The van der Waals surface area contributed by atoms with Crippen LogP contribution in [0, 0.1) is 11.8 Å². The monoisotopic (exact) mass is 294 g/mol. The van der Waals surface area contributed by atoms with Crippen LogP contribution < -0.4 is 0 Å². The van der Waals surface area contributed by atoms with Crippen LogP contribution in [0.4, 0.5) is 0 Å².